The van der Waals surface area contributed by atoms with Gasteiger partial charge in [-0.3, -0.25) is 9.79 Å². The average molecular weight is 520 g/mol. The molecule has 1 aromatic carbocycles. The zero-order valence-corrected chi connectivity index (χ0v) is 20.3. The molecule has 0 aliphatic heterocycles. The Bertz CT molecular complexity index is 708. The second-order valence-electron chi connectivity index (χ2n) is 7.97. The number of hydrogen-bond donors (Lipinski definition) is 3. The van der Waals surface area contributed by atoms with Gasteiger partial charge in [0.15, 0.2) is 17.5 Å². The summed E-state index contributed by atoms with van der Waals surface area (Å²) in [6, 6.07) is 4.89. The number of benzene rings is 1. The highest BCUT2D eigenvalue weighted by Crippen LogP contribution is 2.30. The van der Waals surface area contributed by atoms with Crippen LogP contribution in [0.4, 0.5) is 4.39 Å². The lowest BCUT2D eigenvalue weighted by Crippen LogP contribution is -2.41. The molecule has 3 N–H and O–H groups in total. The minimum Gasteiger partial charge on any atom is -0.490 e. The quantitative estimate of drug-likeness (QED) is 0.264. The normalized spacial score (nSPS) is 15.2. The molecule has 1 aliphatic carbocycles. The fourth-order valence-electron chi connectivity index (χ4n) is 2.69. The van der Waals surface area contributed by atoms with E-state index in [1.807, 2.05) is 33.8 Å². The number of guanidine groups is 1. The Hall–Kier alpha value is -1.58. The SMILES string of the molecule is CCNC(=NCC(C)(C)C(=O)NC)NC(C)c1ccc(OCC2CC2)c(F)c1.I. The predicted molar refractivity (Wildman–Crippen MR) is 125 cm³/mol. The molecule has 0 heterocycles. The highest BCUT2D eigenvalue weighted by Gasteiger charge is 2.26. The second kappa shape index (κ2) is 11.6. The number of hydrogen-bond acceptors (Lipinski definition) is 3. The van der Waals surface area contributed by atoms with E-state index in [0.717, 1.165) is 5.56 Å². The first-order valence-electron chi connectivity index (χ1n) is 9.96. The fraction of sp³-hybridized carbons (Fsp3) is 0.619. The van der Waals surface area contributed by atoms with Crippen LogP contribution in [0.2, 0.25) is 0 Å². The molecule has 1 atom stereocenters. The molecule has 1 aliphatic rings. The summed E-state index contributed by atoms with van der Waals surface area (Å²) >= 11 is 0. The molecule has 1 aromatic rings. The topological polar surface area (TPSA) is 74.8 Å². The minimum atomic E-state index is -0.618. The van der Waals surface area contributed by atoms with Crippen LogP contribution in [0.5, 0.6) is 5.75 Å². The van der Waals surface area contributed by atoms with Crippen molar-refractivity contribution in [3.8, 4) is 5.75 Å². The molecular formula is C21H34FIN4O2. The molecule has 8 heteroatoms. The number of rotatable bonds is 9. The minimum absolute atomic E-state index is 0. The van der Waals surface area contributed by atoms with Crippen molar-refractivity contribution in [3.05, 3.63) is 29.6 Å². The number of halogens is 2. The lowest BCUT2D eigenvalue weighted by Gasteiger charge is -2.23. The first-order chi connectivity index (χ1) is 13.3. The van der Waals surface area contributed by atoms with Crippen LogP contribution in [0.3, 0.4) is 0 Å². The van der Waals surface area contributed by atoms with E-state index in [4.69, 9.17) is 4.74 Å². The van der Waals surface area contributed by atoms with E-state index in [9.17, 15) is 9.18 Å². The van der Waals surface area contributed by atoms with Crippen LogP contribution in [0.15, 0.2) is 23.2 Å². The number of carbonyl (C=O) groups is 1. The van der Waals surface area contributed by atoms with Crippen molar-refractivity contribution < 1.29 is 13.9 Å². The standard InChI is InChI=1S/C21H33FN4O2.HI/c1-6-24-20(25-13-21(3,4)19(27)23-5)26-14(2)16-9-10-18(17(22)11-16)28-12-15-7-8-15;/h9-11,14-15H,6-8,12-13H2,1-5H3,(H,23,27)(H2,24,25,26);1H. The Balaban J connectivity index is 0.00000420. The number of amides is 1. The zero-order valence-electron chi connectivity index (χ0n) is 18.0. The van der Waals surface area contributed by atoms with Crippen LogP contribution in [0, 0.1) is 17.2 Å². The Labute approximate surface area is 190 Å². The molecule has 0 bridgehead atoms. The van der Waals surface area contributed by atoms with E-state index in [1.165, 1.54) is 18.9 Å². The van der Waals surface area contributed by atoms with Crippen LogP contribution in [0.1, 0.15) is 52.1 Å². The molecule has 164 valence electrons. The number of carbonyl (C=O) groups excluding carboxylic acids is 1. The maximum atomic E-state index is 14.4. The molecule has 6 nitrogen and oxygen atoms in total. The Morgan fingerprint density at radius 1 is 1.38 bits per heavy atom. The van der Waals surface area contributed by atoms with Crippen LogP contribution >= 0.6 is 24.0 Å². The fourth-order valence-corrected chi connectivity index (χ4v) is 2.69. The van der Waals surface area contributed by atoms with Crippen LogP contribution in [-0.2, 0) is 4.79 Å². The summed E-state index contributed by atoms with van der Waals surface area (Å²) in [5.41, 5.74) is 0.180. The molecule has 0 spiro atoms. The van der Waals surface area contributed by atoms with Crippen molar-refractivity contribution >= 4 is 35.8 Å². The molecule has 2 rings (SSSR count). The maximum absolute atomic E-state index is 14.4. The summed E-state index contributed by atoms with van der Waals surface area (Å²) in [6.07, 6.45) is 2.34. The molecule has 1 amide bonds. The molecule has 0 radical (unpaired) electrons. The van der Waals surface area contributed by atoms with Gasteiger partial charge >= 0.3 is 0 Å². The monoisotopic (exact) mass is 520 g/mol. The number of nitrogens with zero attached hydrogens (tertiary/aromatic N) is 1. The molecule has 1 unspecified atom stereocenters. The lowest BCUT2D eigenvalue weighted by atomic mass is 9.93. The molecule has 1 fully saturated rings. The van der Waals surface area contributed by atoms with Gasteiger partial charge in [0.2, 0.25) is 5.91 Å². The Morgan fingerprint density at radius 2 is 2.07 bits per heavy atom. The summed E-state index contributed by atoms with van der Waals surface area (Å²) in [4.78, 5) is 16.5. The van der Waals surface area contributed by atoms with E-state index in [-0.39, 0.29) is 41.7 Å². The summed E-state index contributed by atoms with van der Waals surface area (Å²) in [5.74, 6) is 1.05. The summed E-state index contributed by atoms with van der Waals surface area (Å²) in [5, 5.41) is 9.10. The van der Waals surface area contributed by atoms with Gasteiger partial charge in [0.1, 0.15) is 0 Å². The van der Waals surface area contributed by atoms with Crippen LogP contribution in [0.25, 0.3) is 0 Å². The summed E-state index contributed by atoms with van der Waals surface area (Å²) in [6.45, 7) is 9.20. The van der Waals surface area contributed by atoms with Crippen molar-refractivity contribution in [1.82, 2.24) is 16.0 Å². The highest BCUT2D eigenvalue weighted by atomic mass is 127. The summed E-state index contributed by atoms with van der Waals surface area (Å²) in [7, 11) is 1.62. The highest BCUT2D eigenvalue weighted by molar-refractivity contribution is 14.0. The molecule has 0 aromatic heterocycles. The van der Waals surface area contributed by atoms with Crippen molar-refractivity contribution in [2.45, 2.75) is 46.6 Å². The smallest absolute Gasteiger partial charge is 0.227 e. The van der Waals surface area contributed by atoms with Gasteiger partial charge in [-0.2, -0.15) is 0 Å². The van der Waals surface area contributed by atoms with Crippen molar-refractivity contribution in [1.29, 1.82) is 0 Å². The molecular weight excluding hydrogens is 486 g/mol. The number of nitrogens with one attached hydrogen (secondary N) is 3. The van der Waals surface area contributed by atoms with Gasteiger partial charge in [0.05, 0.1) is 24.6 Å². The van der Waals surface area contributed by atoms with Crippen molar-refractivity contribution in [2.75, 3.05) is 26.7 Å². The van der Waals surface area contributed by atoms with E-state index < -0.39 is 5.41 Å². The van der Waals surface area contributed by atoms with Crippen LogP contribution < -0.4 is 20.7 Å². The van der Waals surface area contributed by atoms with E-state index in [1.54, 1.807) is 13.1 Å². The molecule has 0 saturated heterocycles. The van der Waals surface area contributed by atoms with Gasteiger partial charge < -0.3 is 20.7 Å². The largest absolute Gasteiger partial charge is 0.490 e. The Kier molecular flexibility index (Phi) is 10.2. The van der Waals surface area contributed by atoms with E-state index in [0.29, 0.717) is 37.3 Å². The van der Waals surface area contributed by atoms with Gasteiger partial charge in [0.25, 0.3) is 0 Å². The van der Waals surface area contributed by atoms with E-state index in [2.05, 4.69) is 20.9 Å². The average Bonchev–Trinajstić information content (AvgIpc) is 3.49. The predicted octanol–water partition coefficient (Wildman–Crippen LogP) is 3.62. The third kappa shape index (κ3) is 7.98. The van der Waals surface area contributed by atoms with Gasteiger partial charge in [-0.25, -0.2) is 4.39 Å². The first kappa shape index (κ1) is 25.5. The third-order valence-corrected chi connectivity index (χ3v) is 4.80. The second-order valence-corrected chi connectivity index (χ2v) is 7.97. The van der Waals surface area contributed by atoms with Crippen molar-refractivity contribution in [3.63, 3.8) is 0 Å². The van der Waals surface area contributed by atoms with Gasteiger partial charge in [-0.15, -0.1) is 24.0 Å². The van der Waals surface area contributed by atoms with Crippen molar-refractivity contribution in [2.24, 2.45) is 16.3 Å². The maximum Gasteiger partial charge on any atom is 0.227 e. The van der Waals surface area contributed by atoms with Gasteiger partial charge in [-0.1, -0.05) is 6.07 Å². The first-order valence-corrected chi connectivity index (χ1v) is 9.96. The lowest BCUT2D eigenvalue weighted by molar-refractivity contribution is -0.128. The third-order valence-electron chi connectivity index (χ3n) is 4.80. The van der Waals surface area contributed by atoms with Gasteiger partial charge in [-0.05, 0) is 64.2 Å². The zero-order chi connectivity index (χ0) is 20.7. The van der Waals surface area contributed by atoms with E-state index >= 15 is 0 Å². The van der Waals surface area contributed by atoms with Crippen LogP contribution in [-0.4, -0.2) is 38.6 Å². The van der Waals surface area contributed by atoms with Gasteiger partial charge in [0, 0.05) is 13.6 Å². The summed E-state index contributed by atoms with van der Waals surface area (Å²) < 4.78 is 19.9. The number of ether oxygens (including phenoxy) is 1. The number of aliphatic imine (C=N–C) groups is 1. The Morgan fingerprint density at radius 3 is 2.62 bits per heavy atom. The molecule has 29 heavy (non-hydrogen) atoms. The molecule has 1 saturated carbocycles.